The standard InChI is InChI=1S/C18H20O4/c1-12-9-15(22-13(2)19)10-18(3,4)17(12)16(20)6-5-14-7-8-21-11-14/h5-9,11H,10H2,1-4H3/b6-5+. The Kier molecular flexibility index (Phi) is 4.50. The lowest BCUT2D eigenvalue weighted by molar-refractivity contribution is -0.137. The van der Waals surface area contributed by atoms with E-state index < -0.39 is 0 Å². The van der Waals surface area contributed by atoms with Gasteiger partial charge in [0, 0.05) is 29.9 Å². The number of hydrogen-bond donors (Lipinski definition) is 0. The van der Waals surface area contributed by atoms with E-state index in [9.17, 15) is 9.59 Å². The number of rotatable bonds is 4. The Morgan fingerprint density at radius 2 is 2.09 bits per heavy atom. The minimum absolute atomic E-state index is 0.0400. The molecule has 116 valence electrons. The summed E-state index contributed by atoms with van der Waals surface area (Å²) in [5.41, 5.74) is 2.02. The van der Waals surface area contributed by atoms with Crippen molar-refractivity contribution in [2.24, 2.45) is 5.41 Å². The van der Waals surface area contributed by atoms with Crippen LogP contribution in [-0.2, 0) is 14.3 Å². The van der Waals surface area contributed by atoms with Crippen molar-refractivity contribution in [3.05, 3.63) is 53.2 Å². The number of esters is 1. The number of carbonyl (C=O) groups is 2. The first kappa shape index (κ1) is 16.0. The molecule has 0 N–H and O–H groups in total. The van der Waals surface area contributed by atoms with E-state index in [1.54, 1.807) is 36.8 Å². The molecular weight excluding hydrogens is 280 g/mol. The van der Waals surface area contributed by atoms with Crippen LogP contribution in [0.3, 0.4) is 0 Å². The summed E-state index contributed by atoms with van der Waals surface area (Å²) in [6, 6.07) is 1.79. The van der Waals surface area contributed by atoms with Crippen molar-refractivity contribution in [2.45, 2.75) is 34.1 Å². The molecule has 2 rings (SSSR count). The van der Waals surface area contributed by atoms with Crippen molar-refractivity contribution in [2.75, 3.05) is 0 Å². The second-order valence-corrected chi connectivity index (χ2v) is 6.08. The highest BCUT2D eigenvalue weighted by Gasteiger charge is 2.34. The quantitative estimate of drug-likeness (QED) is 0.621. The Balaban J connectivity index is 2.28. The molecule has 0 unspecified atom stereocenters. The molecule has 0 saturated carbocycles. The van der Waals surface area contributed by atoms with Gasteiger partial charge in [0.2, 0.25) is 0 Å². The molecule has 0 saturated heterocycles. The summed E-state index contributed by atoms with van der Waals surface area (Å²) in [4.78, 5) is 23.6. The Morgan fingerprint density at radius 3 is 2.64 bits per heavy atom. The summed E-state index contributed by atoms with van der Waals surface area (Å²) in [5, 5.41) is 0. The average Bonchev–Trinajstić information content (AvgIpc) is 2.86. The molecule has 22 heavy (non-hydrogen) atoms. The highest BCUT2D eigenvalue weighted by atomic mass is 16.5. The highest BCUT2D eigenvalue weighted by Crippen LogP contribution is 2.41. The van der Waals surface area contributed by atoms with Crippen LogP contribution in [0, 0.1) is 5.41 Å². The fourth-order valence-electron chi connectivity index (χ4n) is 2.83. The van der Waals surface area contributed by atoms with Crippen molar-refractivity contribution >= 4 is 17.8 Å². The predicted molar refractivity (Wildman–Crippen MR) is 83.7 cm³/mol. The van der Waals surface area contributed by atoms with Crippen molar-refractivity contribution in [3.63, 3.8) is 0 Å². The zero-order valence-corrected chi connectivity index (χ0v) is 13.3. The van der Waals surface area contributed by atoms with E-state index in [4.69, 9.17) is 9.15 Å². The van der Waals surface area contributed by atoms with Crippen molar-refractivity contribution in [1.29, 1.82) is 0 Å². The number of hydrogen-bond acceptors (Lipinski definition) is 4. The van der Waals surface area contributed by atoms with Gasteiger partial charge in [0.05, 0.1) is 12.5 Å². The first-order valence-electron chi connectivity index (χ1n) is 7.14. The van der Waals surface area contributed by atoms with Gasteiger partial charge < -0.3 is 9.15 Å². The molecule has 1 aliphatic rings. The molecule has 1 aromatic heterocycles. The summed E-state index contributed by atoms with van der Waals surface area (Å²) in [6.07, 6.45) is 8.71. The van der Waals surface area contributed by atoms with Gasteiger partial charge >= 0.3 is 5.97 Å². The molecule has 0 aliphatic heterocycles. The van der Waals surface area contributed by atoms with E-state index in [1.165, 1.54) is 6.92 Å². The molecule has 1 aromatic rings. The first-order chi connectivity index (χ1) is 10.3. The maximum atomic E-state index is 12.5. The van der Waals surface area contributed by atoms with Crippen LogP contribution >= 0.6 is 0 Å². The summed E-state index contributed by atoms with van der Waals surface area (Å²) < 4.78 is 10.2. The van der Waals surface area contributed by atoms with Gasteiger partial charge in [0.25, 0.3) is 0 Å². The topological polar surface area (TPSA) is 56.5 Å². The van der Waals surface area contributed by atoms with Gasteiger partial charge in [-0.1, -0.05) is 13.8 Å². The minimum atomic E-state index is -0.387. The van der Waals surface area contributed by atoms with E-state index in [-0.39, 0.29) is 17.2 Å². The molecule has 4 heteroatoms. The van der Waals surface area contributed by atoms with Crippen LogP contribution in [0.15, 0.2) is 52.1 Å². The number of furan rings is 1. The molecule has 0 spiro atoms. The lowest BCUT2D eigenvalue weighted by atomic mass is 9.73. The first-order valence-corrected chi connectivity index (χ1v) is 7.14. The number of ketones is 1. The van der Waals surface area contributed by atoms with Gasteiger partial charge in [-0.3, -0.25) is 9.59 Å². The van der Waals surface area contributed by atoms with Crippen LogP contribution < -0.4 is 0 Å². The average molecular weight is 300 g/mol. The third-order valence-electron chi connectivity index (χ3n) is 3.56. The zero-order chi connectivity index (χ0) is 16.3. The lowest BCUT2D eigenvalue weighted by Gasteiger charge is -2.32. The van der Waals surface area contributed by atoms with E-state index in [0.29, 0.717) is 12.2 Å². The van der Waals surface area contributed by atoms with Crippen molar-refractivity contribution in [3.8, 4) is 0 Å². The van der Waals surface area contributed by atoms with Crippen molar-refractivity contribution < 1.29 is 18.7 Å². The lowest BCUT2D eigenvalue weighted by Crippen LogP contribution is -2.26. The number of allylic oxidation sites excluding steroid dienone is 5. The van der Waals surface area contributed by atoms with Crippen molar-refractivity contribution in [1.82, 2.24) is 0 Å². The second-order valence-electron chi connectivity index (χ2n) is 6.08. The van der Waals surface area contributed by atoms with Gasteiger partial charge in [-0.15, -0.1) is 0 Å². The molecule has 0 amide bonds. The predicted octanol–water partition coefficient (Wildman–Crippen LogP) is 4.06. The summed E-state index contributed by atoms with van der Waals surface area (Å²) >= 11 is 0. The summed E-state index contributed by atoms with van der Waals surface area (Å²) in [7, 11) is 0. The number of ether oxygens (including phenoxy) is 1. The third kappa shape index (κ3) is 3.64. The van der Waals surface area contributed by atoms with Gasteiger partial charge in [-0.2, -0.15) is 0 Å². The monoisotopic (exact) mass is 300 g/mol. The summed E-state index contributed by atoms with van der Waals surface area (Å²) in [5.74, 6) is 0.219. The van der Waals surface area contributed by atoms with Crippen LogP contribution in [0.5, 0.6) is 0 Å². The maximum Gasteiger partial charge on any atom is 0.307 e. The minimum Gasteiger partial charge on any atom is -0.472 e. The zero-order valence-electron chi connectivity index (χ0n) is 13.3. The molecule has 0 atom stereocenters. The van der Waals surface area contributed by atoms with E-state index >= 15 is 0 Å². The van der Waals surface area contributed by atoms with Crippen LogP contribution in [-0.4, -0.2) is 11.8 Å². The van der Waals surface area contributed by atoms with Gasteiger partial charge in [-0.25, -0.2) is 0 Å². The number of carbonyl (C=O) groups excluding carboxylic acids is 2. The molecule has 0 radical (unpaired) electrons. The SMILES string of the molecule is CC(=O)OC1=CC(C)=C(C(=O)/C=C/c2ccoc2)C(C)(C)C1. The van der Waals surface area contributed by atoms with Crippen LogP contribution in [0.1, 0.15) is 39.7 Å². The van der Waals surface area contributed by atoms with E-state index in [2.05, 4.69) is 0 Å². The van der Waals surface area contributed by atoms with Gasteiger partial charge in [0.15, 0.2) is 5.78 Å². The fraction of sp³-hybridized carbons (Fsp3) is 0.333. The Bertz CT molecular complexity index is 670. The fourth-order valence-corrected chi connectivity index (χ4v) is 2.83. The van der Waals surface area contributed by atoms with Crippen LogP contribution in [0.4, 0.5) is 0 Å². The smallest absolute Gasteiger partial charge is 0.307 e. The van der Waals surface area contributed by atoms with E-state index in [0.717, 1.165) is 16.7 Å². The Labute approximate surface area is 130 Å². The van der Waals surface area contributed by atoms with E-state index in [1.807, 2.05) is 20.8 Å². The van der Waals surface area contributed by atoms with Crippen LogP contribution in [0.2, 0.25) is 0 Å². The normalized spacial score (nSPS) is 17.5. The molecule has 0 bridgehead atoms. The van der Waals surface area contributed by atoms with Gasteiger partial charge in [0.1, 0.15) is 5.76 Å². The summed E-state index contributed by atoms with van der Waals surface area (Å²) in [6.45, 7) is 7.20. The third-order valence-corrected chi connectivity index (χ3v) is 3.56. The van der Waals surface area contributed by atoms with Crippen LogP contribution in [0.25, 0.3) is 6.08 Å². The second kappa shape index (κ2) is 6.18. The molecule has 1 heterocycles. The molecule has 0 aromatic carbocycles. The molecular formula is C18H20O4. The molecule has 4 nitrogen and oxygen atoms in total. The molecule has 1 aliphatic carbocycles. The Morgan fingerprint density at radius 1 is 1.36 bits per heavy atom. The maximum absolute atomic E-state index is 12.5. The highest BCUT2D eigenvalue weighted by molar-refractivity contribution is 6.08. The Hall–Kier alpha value is -2.36. The largest absolute Gasteiger partial charge is 0.472 e. The van der Waals surface area contributed by atoms with Gasteiger partial charge in [-0.05, 0) is 36.8 Å². The molecule has 0 fully saturated rings.